The summed E-state index contributed by atoms with van der Waals surface area (Å²) < 4.78 is 0. The minimum Gasteiger partial charge on any atom is -0.478 e. The minimum atomic E-state index is -1.03. The molecule has 0 bridgehead atoms. The van der Waals surface area contributed by atoms with Gasteiger partial charge in [0.25, 0.3) is 0 Å². The summed E-state index contributed by atoms with van der Waals surface area (Å²) in [5, 5.41) is 21.2. The molecular formula is C11H15N3O3. The maximum atomic E-state index is 10.6. The van der Waals surface area contributed by atoms with Crippen molar-refractivity contribution in [3.8, 4) is 0 Å². The van der Waals surface area contributed by atoms with Crippen LogP contribution in [0.2, 0.25) is 0 Å². The molecule has 0 spiro atoms. The van der Waals surface area contributed by atoms with E-state index in [9.17, 15) is 9.90 Å². The zero-order valence-corrected chi connectivity index (χ0v) is 9.33. The largest absolute Gasteiger partial charge is 0.478 e. The molecule has 1 fully saturated rings. The fourth-order valence-electron chi connectivity index (χ4n) is 1.92. The number of hydrogen-bond donors (Lipinski definition) is 3. The summed E-state index contributed by atoms with van der Waals surface area (Å²) in [5.74, 6) is -0.589. The Kier molecular flexibility index (Phi) is 3.53. The van der Waals surface area contributed by atoms with Gasteiger partial charge in [-0.2, -0.15) is 0 Å². The number of carboxylic acids is 1. The zero-order chi connectivity index (χ0) is 12.3. The Labute approximate surface area is 98.7 Å². The van der Waals surface area contributed by atoms with Crippen LogP contribution >= 0.6 is 0 Å². The number of aromatic nitrogens is 2. The van der Waals surface area contributed by atoms with Gasteiger partial charge in [-0.3, -0.25) is 0 Å². The van der Waals surface area contributed by atoms with Crippen LogP contribution < -0.4 is 5.32 Å². The van der Waals surface area contributed by atoms with Gasteiger partial charge in [-0.05, 0) is 25.7 Å². The Morgan fingerprint density at radius 3 is 2.35 bits per heavy atom. The second-order valence-corrected chi connectivity index (χ2v) is 4.25. The molecule has 1 heterocycles. The lowest BCUT2D eigenvalue weighted by Gasteiger charge is -2.26. The molecule has 0 aromatic carbocycles. The summed E-state index contributed by atoms with van der Waals surface area (Å²) in [5.41, 5.74) is 0.0783. The van der Waals surface area contributed by atoms with Gasteiger partial charge in [0.2, 0.25) is 5.95 Å². The highest BCUT2D eigenvalue weighted by Crippen LogP contribution is 2.20. The average Bonchev–Trinajstić information content (AvgIpc) is 2.33. The van der Waals surface area contributed by atoms with E-state index in [2.05, 4.69) is 15.3 Å². The summed E-state index contributed by atoms with van der Waals surface area (Å²) in [6.07, 6.45) is 5.71. The average molecular weight is 237 g/mol. The van der Waals surface area contributed by atoms with E-state index in [0.29, 0.717) is 5.95 Å². The van der Waals surface area contributed by atoms with Crippen molar-refractivity contribution >= 4 is 11.9 Å². The van der Waals surface area contributed by atoms with Gasteiger partial charge in [0, 0.05) is 18.4 Å². The highest BCUT2D eigenvalue weighted by atomic mass is 16.4. The molecular weight excluding hydrogens is 222 g/mol. The van der Waals surface area contributed by atoms with Crippen molar-refractivity contribution in [1.29, 1.82) is 0 Å². The van der Waals surface area contributed by atoms with Crippen LogP contribution in [0.25, 0.3) is 0 Å². The first kappa shape index (κ1) is 11.8. The van der Waals surface area contributed by atoms with E-state index in [1.807, 2.05) is 0 Å². The topological polar surface area (TPSA) is 95.3 Å². The number of nitrogens with zero attached hydrogens (tertiary/aromatic N) is 2. The van der Waals surface area contributed by atoms with Crippen LogP contribution in [-0.4, -0.2) is 38.3 Å². The quantitative estimate of drug-likeness (QED) is 0.722. The molecule has 1 aromatic heterocycles. The van der Waals surface area contributed by atoms with Crippen LogP contribution in [0.15, 0.2) is 12.4 Å². The monoisotopic (exact) mass is 237 g/mol. The fourth-order valence-corrected chi connectivity index (χ4v) is 1.92. The first-order valence-electron chi connectivity index (χ1n) is 5.65. The van der Waals surface area contributed by atoms with E-state index in [-0.39, 0.29) is 17.7 Å². The summed E-state index contributed by atoms with van der Waals surface area (Å²) in [4.78, 5) is 18.5. The van der Waals surface area contributed by atoms with E-state index in [1.54, 1.807) is 0 Å². The van der Waals surface area contributed by atoms with Crippen LogP contribution in [0.3, 0.4) is 0 Å². The molecule has 92 valence electrons. The van der Waals surface area contributed by atoms with Crippen molar-refractivity contribution in [2.45, 2.75) is 37.8 Å². The Morgan fingerprint density at radius 1 is 1.24 bits per heavy atom. The smallest absolute Gasteiger partial charge is 0.338 e. The predicted molar refractivity (Wildman–Crippen MR) is 60.9 cm³/mol. The van der Waals surface area contributed by atoms with E-state index < -0.39 is 5.97 Å². The van der Waals surface area contributed by atoms with Crippen molar-refractivity contribution < 1.29 is 15.0 Å². The molecule has 1 aliphatic rings. The summed E-state index contributed by atoms with van der Waals surface area (Å²) >= 11 is 0. The predicted octanol–water partition coefficient (Wildman–Crippen LogP) is 0.890. The lowest BCUT2D eigenvalue weighted by molar-refractivity contribution is 0.0696. The van der Waals surface area contributed by atoms with Crippen LogP contribution in [0.4, 0.5) is 5.95 Å². The number of hydrogen-bond acceptors (Lipinski definition) is 5. The number of rotatable bonds is 3. The molecule has 0 saturated heterocycles. The Bertz CT molecular complexity index is 385. The molecule has 0 unspecified atom stereocenters. The molecule has 1 aliphatic carbocycles. The third-order valence-corrected chi connectivity index (χ3v) is 2.93. The van der Waals surface area contributed by atoms with E-state index >= 15 is 0 Å². The SMILES string of the molecule is O=C(O)c1cnc(NC2CCC(O)CC2)nc1. The molecule has 17 heavy (non-hydrogen) atoms. The van der Waals surface area contributed by atoms with Crippen LogP contribution in [0.1, 0.15) is 36.0 Å². The lowest BCUT2D eigenvalue weighted by atomic mass is 9.93. The maximum Gasteiger partial charge on any atom is 0.338 e. The number of aromatic carboxylic acids is 1. The fraction of sp³-hybridized carbons (Fsp3) is 0.545. The van der Waals surface area contributed by atoms with E-state index in [4.69, 9.17) is 5.11 Å². The van der Waals surface area contributed by atoms with Gasteiger partial charge >= 0.3 is 5.97 Å². The zero-order valence-electron chi connectivity index (χ0n) is 9.33. The molecule has 0 amide bonds. The molecule has 6 heteroatoms. The van der Waals surface area contributed by atoms with Gasteiger partial charge in [-0.1, -0.05) is 0 Å². The molecule has 3 N–H and O–H groups in total. The summed E-state index contributed by atoms with van der Waals surface area (Å²) in [6, 6.07) is 0.258. The summed E-state index contributed by atoms with van der Waals surface area (Å²) in [6.45, 7) is 0. The normalized spacial score (nSPS) is 24.3. The third-order valence-electron chi connectivity index (χ3n) is 2.93. The number of aliphatic hydroxyl groups excluding tert-OH is 1. The highest BCUT2D eigenvalue weighted by Gasteiger charge is 2.19. The minimum absolute atomic E-state index is 0.0783. The molecule has 6 nitrogen and oxygen atoms in total. The van der Waals surface area contributed by atoms with Gasteiger partial charge in [0.1, 0.15) is 0 Å². The number of anilines is 1. The van der Waals surface area contributed by atoms with Crippen molar-refractivity contribution in [1.82, 2.24) is 9.97 Å². The third kappa shape index (κ3) is 3.13. The van der Waals surface area contributed by atoms with Gasteiger partial charge in [-0.15, -0.1) is 0 Å². The Morgan fingerprint density at radius 2 is 1.82 bits per heavy atom. The Hall–Kier alpha value is -1.69. The van der Waals surface area contributed by atoms with Gasteiger partial charge in [-0.25, -0.2) is 14.8 Å². The molecule has 0 radical (unpaired) electrons. The molecule has 0 aliphatic heterocycles. The van der Waals surface area contributed by atoms with Crippen LogP contribution in [-0.2, 0) is 0 Å². The van der Waals surface area contributed by atoms with Gasteiger partial charge < -0.3 is 15.5 Å². The van der Waals surface area contributed by atoms with Gasteiger partial charge in [0.15, 0.2) is 0 Å². The maximum absolute atomic E-state index is 10.6. The van der Waals surface area contributed by atoms with Crippen LogP contribution in [0, 0.1) is 0 Å². The van der Waals surface area contributed by atoms with Crippen LogP contribution in [0.5, 0.6) is 0 Å². The number of carbonyl (C=O) groups is 1. The molecule has 1 aromatic rings. The molecule has 2 rings (SSSR count). The second-order valence-electron chi connectivity index (χ2n) is 4.25. The van der Waals surface area contributed by atoms with E-state index in [0.717, 1.165) is 25.7 Å². The highest BCUT2D eigenvalue weighted by molar-refractivity contribution is 5.86. The van der Waals surface area contributed by atoms with Crippen molar-refractivity contribution in [2.75, 3.05) is 5.32 Å². The Balaban J connectivity index is 1.92. The first-order valence-corrected chi connectivity index (χ1v) is 5.65. The van der Waals surface area contributed by atoms with Crippen molar-refractivity contribution in [3.05, 3.63) is 18.0 Å². The van der Waals surface area contributed by atoms with Crippen molar-refractivity contribution in [3.63, 3.8) is 0 Å². The van der Waals surface area contributed by atoms with Crippen molar-refractivity contribution in [2.24, 2.45) is 0 Å². The number of carboxylic acid groups (broad SMARTS) is 1. The molecule has 0 atom stereocenters. The van der Waals surface area contributed by atoms with E-state index in [1.165, 1.54) is 12.4 Å². The standard InChI is InChI=1S/C11H15N3O3/c15-9-3-1-8(2-4-9)14-11-12-5-7(6-13-11)10(16)17/h5-6,8-9,15H,1-4H2,(H,16,17)(H,12,13,14). The second kappa shape index (κ2) is 5.09. The molecule has 1 saturated carbocycles. The summed E-state index contributed by atoms with van der Waals surface area (Å²) in [7, 11) is 0. The number of aliphatic hydroxyl groups is 1. The number of nitrogens with one attached hydrogen (secondary N) is 1. The lowest BCUT2D eigenvalue weighted by Crippen LogP contribution is -2.28. The van der Waals surface area contributed by atoms with Gasteiger partial charge in [0.05, 0.1) is 11.7 Å². The first-order chi connectivity index (χ1) is 8.15.